The first kappa shape index (κ1) is 15.3. The SMILES string of the molecule is O=C(COc1ccccc1Cl)NNC1C(=O)Nc2ccccc21. The fourth-order valence-electron chi connectivity index (χ4n) is 2.25. The molecule has 3 N–H and O–H groups in total. The third kappa shape index (κ3) is 3.44. The molecule has 1 aliphatic rings. The third-order valence-corrected chi connectivity index (χ3v) is 3.66. The fourth-order valence-corrected chi connectivity index (χ4v) is 2.44. The maximum Gasteiger partial charge on any atom is 0.272 e. The van der Waals surface area contributed by atoms with Crippen LogP contribution in [0.15, 0.2) is 48.5 Å². The summed E-state index contributed by atoms with van der Waals surface area (Å²) < 4.78 is 5.33. The summed E-state index contributed by atoms with van der Waals surface area (Å²) in [6.07, 6.45) is 0. The summed E-state index contributed by atoms with van der Waals surface area (Å²) in [5.74, 6) is -0.214. The van der Waals surface area contributed by atoms with E-state index in [9.17, 15) is 9.59 Å². The summed E-state index contributed by atoms with van der Waals surface area (Å²) in [4.78, 5) is 23.7. The fraction of sp³-hybridized carbons (Fsp3) is 0.125. The number of amides is 2. The lowest BCUT2D eigenvalue weighted by molar-refractivity contribution is -0.125. The van der Waals surface area contributed by atoms with Gasteiger partial charge in [-0.15, -0.1) is 0 Å². The molecule has 6 nitrogen and oxygen atoms in total. The Balaban J connectivity index is 1.54. The molecule has 2 aromatic carbocycles. The summed E-state index contributed by atoms with van der Waals surface area (Å²) in [6.45, 7) is -0.216. The van der Waals surface area contributed by atoms with Gasteiger partial charge in [0.25, 0.3) is 5.91 Å². The quantitative estimate of drug-likeness (QED) is 0.732. The number of ether oxygens (including phenoxy) is 1. The van der Waals surface area contributed by atoms with Crippen molar-refractivity contribution in [1.82, 2.24) is 10.9 Å². The number of anilines is 1. The molecule has 0 bridgehead atoms. The van der Waals surface area contributed by atoms with Crippen molar-refractivity contribution in [3.8, 4) is 5.75 Å². The molecule has 1 atom stereocenters. The van der Waals surface area contributed by atoms with Crippen LogP contribution >= 0.6 is 11.6 Å². The number of nitrogens with one attached hydrogen (secondary N) is 3. The summed E-state index contributed by atoms with van der Waals surface area (Å²) in [5.41, 5.74) is 6.70. The number of benzene rings is 2. The Morgan fingerprint density at radius 3 is 2.74 bits per heavy atom. The van der Waals surface area contributed by atoms with Gasteiger partial charge in [0.1, 0.15) is 11.8 Å². The van der Waals surface area contributed by atoms with Crippen LogP contribution in [0.2, 0.25) is 5.02 Å². The van der Waals surface area contributed by atoms with Crippen LogP contribution in [-0.2, 0) is 9.59 Å². The number of carbonyl (C=O) groups is 2. The zero-order chi connectivity index (χ0) is 16.2. The van der Waals surface area contributed by atoms with Crippen LogP contribution in [0.4, 0.5) is 5.69 Å². The molecule has 0 aliphatic carbocycles. The lowest BCUT2D eigenvalue weighted by Crippen LogP contribution is -2.44. The molecule has 1 unspecified atom stereocenters. The van der Waals surface area contributed by atoms with E-state index in [1.807, 2.05) is 18.2 Å². The van der Waals surface area contributed by atoms with E-state index in [4.69, 9.17) is 16.3 Å². The molecule has 1 aliphatic heterocycles. The Kier molecular flexibility index (Phi) is 4.45. The third-order valence-electron chi connectivity index (χ3n) is 3.34. The van der Waals surface area contributed by atoms with Crippen LogP contribution in [0.5, 0.6) is 5.75 Å². The lowest BCUT2D eigenvalue weighted by Gasteiger charge is -2.13. The van der Waals surface area contributed by atoms with Crippen LogP contribution < -0.4 is 20.9 Å². The maximum atomic E-state index is 11.9. The van der Waals surface area contributed by atoms with Gasteiger partial charge in [0.2, 0.25) is 5.91 Å². The summed E-state index contributed by atoms with van der Waals surface area (Å²) in [7, 11) is 0. The minimum atomic E-state index is -0.629. The van der Waals surface area contributed by atoms with Gasteiger partial charge in [0, 0.05) is 11.3 Å². The highest BCUT2D eigenvalue weighted by Gasteiger charge is 2.30. The number of para-hydroxylation sites is 2. The molecule has 7 heteroatoms. The molecule has 23 heavy (non-hydrogen) atoms. The first-order valence-corrected chi connectivity index (χ1v) is 7.34. The lowest BCUT2D eigenvalue weighted by atomic mass is 10.1. The summed E-state index contributed by atoms with van der Waals surface area (Å²) in [6, 6.07) is 13.5. The molecule has 2 aromatic rings. The summed E-state index contributed by atoms with van der Waals surface area (Å²) in [5, 5.41) is 3.16. The van der Waals surface area contributed by atoms with Crippen molar-refractivity contribution >= 4 is 29.1 Å². The van der Waals surface area contributed by atoms with Crippen molar-refractivity contribution in [2.24, 2.45) is 0 Å². The standard InChI is InChI=1S/C16H14ClN3O3/c17-11-6-2-4-8-13(11)23-9-14(21)19-20-15-10-5-1-3-7-12(10)18-16(15)22/h1-8,15,20H,9H2,(H,18,22)(H,19,21). The van der Waals surface area contributed by atoms with Crippen molar-refractivity contribution in [1.29, 1.82) is 0 Å². The number of hydrazine groups is 1. The van der Waals surface area contributed by atoms with E-state index in [-0.39, 0.29) is 12.5 Å². The predicted molar refractivity (Wildman–Crippen MR) is 86.0 cm³/mol. The van der Waals surface area contributed by atoms with Crippen LogP contribution in [0.1, 0.15) is 11.6 Å². The monoisotopic (exact) mass is 331 g/mol. The average molecular weight is 332 g/mol. The van der Waals surface area contributed by atoms with Gasteiger partial charge >= 0.3 is 0 Å². The number of carbonyl (C=O) groups excluding carboxylic acids is 2. The Morgan fingerprint density at radius 2 is 1.91 bits per heavy atom. The van der Waals surface area contributed by atoms with E-state index in [2.05, 4.69) is 16.2 Å². The molecule has 0 spiro atoms. The van der Waals surface area contributed by atoms with Gasteiger partial charge in [-0.3, -0.25) is 15.0 Å². The summed E-state index contributed by atoms with van der Waals surface area (Å²) >= 11 is 5.94. The Labute approximate surface area is 137 Å². The molecule has 3 rings (SSSR count). The van der Waals surface area contributed by atoms with Crippen LogP contribution in [0, 0.1) is 0 Å². The zero-order valence-electron chi connectivity index (χ0n) is 12.0. The normalized spacial score (nSPS) is 15.7. The molecule has 118 valence electrons. The van der Waals surface area contributed by atoms with Crippen LogP contribution in [-0.4, -0.2) is 18.4 Å². The average Bonchev–Trinajstić information content (AvgIpc) is 2.87. The van der Waals surface area contributed by atoms with Crippen molar-refractivity contribution in [2.45, 2.75) is 6.04 Å². The second-order valence-corrected chi connectivity index (χ2v) is 5.33. The number of hydrogen-bond donors (Lipinski definition) is 3. The number of rotatable bonds is 5. The second kappa shape index (κ2) is 6.68. The molecule has 0 saturated heterocycles. The minimum Gasteiger partial charge on any atom is -0.482 e. The molecular formula is C16H14ClN3O3. The van der Waals surface area contributed by atoms with Gasteiger partial charge < -0.3 is 10.1 Å². The first-order valence-electron chi connectivity index (χ1n) is 6.96. The zero-order valence-corrected chi connectivity index (χ0v) is 12.8. The van der Waals surface area contributed by atoms with Gasteiger partial charge in [-0.2, -0.15) is 0 Å². The van der Waals surface area contributed by atoms with E-state index in [0.717, 1.165) is 11.3 Å². The van der Waals surface area contributed by atoms with Gasteiger partial charge in [0.05, 0.1) is 5.02 Å². The van der Waals surface area contributed by atoms with Gasteiger partial charge in [0.15, 0.2) is 6.61 Å². The first-order chi connectivity index (χ1) is 11.1. The maximum absolute atomic E-state index is 11.9. The van der Waals surface area contributed by atoms with E-state index >= 15 is 0 Å². The van der Waals surface area contributed by atoms with Crippen LogP contribution in [0.25, 0.3) is 0 Å². The van der Waals surface area contributed by atoms with E-state index in [1.54, 1.807) is 30.3 Å². The molecular weight excluding hydrogens is 318 g/mol. The second-order valence-electron chi connectivity index (χ2n) is 4.92. The van der Waals surface area contributed by atoms with Crippen molar-refractivity contribution < 1.29 is 14.3 Å². The molecule has 0 aromatic heterocycles. The van der Waals surface area contributed by atoms with Gasteiger partial charge in [-0.25, -0.2) is 5.43 Å². The Bertz CT molecular complexity index is 751. The number of hydrogen-bond acceptors (Lipinski definition) is 4. The topological polar surface area (TPSA) is 79.5 Å². The van der Waals surface area contributed by atoms with E-state index < -0.39 is 11.9 Å². The molecule has 0 radical (unpaired) electrons. The smallest absolute Gasteiger partial charge is 0.272 e. The molecule has 1 heterocycles. The Morgan fingerprint density at radius 1 is 1.17 bits per heavy atom. The predicted octanol–water partition coefficient (Wildman–Crippen LogP) is 2.03. The highest BCUT2D eigenvalue weighted by molar-refractivity contribution is 6.32. The number of halogens is 1. The highest BCUT2D eigenvalue weighted by Crippen LogP contribution is 2.29. The minimum absolute atomic E-state index is 0.216. The van der Waals surface area contributed by atoms with Crippen molar-refractivity contribution in [3.05, 3.63) is 59.1 Å². The number of fused-ring (bicyclic) bond motifs is 1. The van der Waals surface area contributed by atoms with Crippen LogP contribution in [0.3, 0.4) is 0 Å². The molecule has 0 saturated carbocycles. The van der Waals surface area contributed by atoms with E-state index in [1.165, 1.54) is 0 Å². The van der Waals surface area contributed by atoms with Crippen molar-refractivity contribution in [3.63, 3.8) is 0 Å². The molecule has 0 fully saturated rings. The largest absolute Gasteiger partial charge is 0.482 e. The highest BCUT2D eigenvalue weighted by atomic mass is 35.5. The van der Waals surface area contributed by atoms with Gasteiger partial charge in [-0.05, 0) is 18.2 Å². The Hall–Kier alpha value is -2.57. The molecule has 2 amide bonds. The van der Waals surface area contributed by atoms with E-state index in [0.29, 0.717) is 10.8 Å². The van der Waals surface area contributed by atoms with Gasteiger partial charge in [-0.1, -0.05) is 41.9 Å². The van der Waals surface area contributed by atoms with Crippen molar-refractivity contribution in [2.75, 3.05) is 11.9 Å².